The van der Waals surface area contributed by atoms with Crippen molar-refractivity contribution in [1.82, 2.24) is 19.7 Å². The Morgan fingerprint density at radius 2 is 1.61 bits per heavy atom. The number of aromatic nitrogens is 3. The van der Waals surface area contributed by atoms with Crippen LogP contribution >= 0.6 is 12.4 Å². The van der Waals surface area contributed by atoms with Crippen LogP contribution in [0, 0.1) is 0 Å². The molecule has 3 aromatic rings. The molecule has 5 rings (SSSR count). The largest absolute Gasteiger partial charge is 0.416 e. The van der Waals surface area contributed by atoms with Gasteiger partial charge < -0.3 is 4.74 Å². The highest BCUT2D eigenvalue weighted by Crippen LogP contribution is 2.52. The van der Waals surface area contributed by atoms with E-state index in [1.807, 2.05) is 30.3 Å². The maximum Gasteiger partial charge on any atom is 0.416 e. The van der Waals surface area contributed by atoms with Gasteiger partial charge in [0.05, 0.1) is 35.9 Å². The van der Waals surface area contributed by atoms with Crippen LogP contribution in [-0.2, 0) is 42.8 Å². The zero-order valence-corrected chi connectivity index (χ0v) is 21.3. The average Bonchev–Trinajstić information content (AvgIpc) is 3.36. The summed E-state index contributed by atoms with van der Waals surface area (Å²) in [6.45, 7) is 0.0919. The maximum absolute atomic E-state index is 13.4. The van der Waals surface area contributed by atoms with Crippen LogP contribution in [0.3, 0.4) is 0 Å². The Labute approximate surface area is 222 Å². The monoisotopic (exact) mass is 560 g/mol. The molecule has 2 saturated heterocycles. The van der Waals surface area contributed by atoms with E-state index < -0.39 is 35.1 Å². The van der Waals surface area contributed by atoms with Crippen molar-refractivity contribution in [3.63, 3.8) is 0 Å². The molecule has 0 aliphatic carbocycles. The Kier molecular flexibility index (Phi) is 7.84. The smallest absolute Gasteiger partial charge is 0.371 e. The van der Waals surface area contributed by atoms with E-state index in [0.717, 1.165) is 37.0 Å². The molecule has 2 bridgehead atoms. The second kappa shape index (κ2) is 10.5. The molecule has 2 aromatic carbocycles. The van der Waals surface area contributed by atoms with Crippen molar-refractivity contribution in [2.75, 3.05) is 0 Å². The van der Waals surface area contributed by atoms with Gasteiger partial charge in [-0.25, -0.2) is 4.98 Å². The van der Waals surface area contributed by atoms with Crippen molar-refractivity contribution in [3.8, 4) is 0 Å². The van der Waals surface area contributed by atoms with Gasteiger partial charge in [0.1, 0.15) is 6.33 Å². The third kappa shape index (κ3) is 5.41. The minimum atomic E-state index is -4.91. The molecule has 2 fully saturated rings. The van der Waals surface area contributed by atoms with Gasteiger partial charge in [-0.05, 0) is 55.0 Å². The van der Waals surface area contributed by atoms with Crippen LogP contribution in [0.2, 0.25) is 0 Å². The molecule has 2 aliphatic heterocycles. The number of rotatable bonds is 6. The Morgan fingerprint density at radius 1 is 0.947 bits per heavy atom. The number of fused-ring (bicyclic) bond motifs is 2. The number of aryl methyl sites for hydroxylation is 1. The van der Waals surface area contributed by atoms with Gasteiger partial charge in [-0.1, -0.05) is 30.3 Å². The van der Waals surface area contributed by atoms with E-state index in [1.165, 1.54) is 0 Å². The SMILES string of the molecule is Cl.Cn1cnc(CN2[C@H]3CC[C@@H](OCc4cc(C(F)(F)F)cc(C(F)(F)F)c4)[C@]2(c2ccccc2)CC3)n1. The van der Waals surface area contributed by atoms with Crippen LogP contribution in [0.25, 0.3) is 0 Å². The van der Waals surface area contributed by atoms with Crippen LogP contribution in [0.1, 0.15) is 53.8 Å². The van der Waals surface area contributed by atoms with Crippen LogP contribution < -0.4 is 0 Å². The highest BCUT2D eigenvalue weighted by atomic mass is 35.5. The molecule has 2 aliphatic rings. The second-order valence-corrected chi connectivity index (χ2v) is 9.74. The molecule has 5 nitrogen and oxygen atoms in total. The summed E-state index contributed by atoms with van der Waals surface area (Å²) in [5, 5.41) is 4.42. The predicted molar refractivity (Wildman–Crippen MR) is 129 cm³/mol. The molecular formula is C26H27ClF6N4O. The molecule has 38 heavy (non-hydrogen) atoms. The average molecular weight is 561 g/mol. The number of halogens is 7. The number of hydrogen-bond donors (Lipinski definition) is 0. The summed E-state index contributed by atoms with van der Waals surface area (Å²) in [7, 11) is 1.78. The van der Waals surface area contributed by atoms with E-state index in [0.29, 0.717) is 18.8 Å². The summed E-state index contributed by atoms with van der Waals surface area (Å²) in [6, 6.07) is 11.6. The van der Waals surface area contributed by atoms with E-state index in [1.54, 1.807) is 18.1 Å². The minimum absolute atomic E-state index is 0. The predicted octanol–water partition coefficient (Wildman–Crippen LogP) is 6.51. The Morgan fingerprint density at radius 3 is 2.18 bits per heavy atom. The Hall–Kier alpha value is -2.63. The third-order valence-corrected chi connectivity index (χ3v) is 7.44. The minimum Gasteiger partial charge on any atom is -0.371 e. The zero-order chi connectivity index (χ0) is 26.4. The lowest BCUT2D eigenvalue weighted by Crippen LogP contribution is -2.56. The molecule has 0 unspecified atom stereocenters. The van der Waals surface area contributed by atoms with Crippen LogP contribution in [0.5, 0.6) is 0 Å². The molecule has 12 heteroatoms. The van der Waals surface area contributed by atoms with E-state index in [4.69, 9.17) is 4.74 Å². The lowest BCUT2D eigenvalue weighted by atomic mass is 9.79. The summed E-state index contributed by atoms with van der Waals surface area (Å²) in [5.74, 6) is 0.642. The van der Waals surface area contributed by atoms with Gasteiger partial charge in [-0.3, -0.25) is 9.58 Å². The fourth-order valence-corrected chi connectivity index (χ4v) is 5.86. The van der Waals surface area contributed by atoms with Crippen molar-refractivity contribution >= 4 is 12.4 Å². The topological polar surface area (TPSA) is 43.2 Å². The summed E-state index contributed by atoms with van der Waals surface area (Å²) >= 11 is 0. The zero-order valence-electron chi connectivity index (χ0n) is 20.5. The van der Waals surface area contributed by atoms with E-state index in [9.17, 15) is 26.3 Å². The van der Waals surface area contributed by atoms with Crippen molar-refractivity contribution in [1.29, 1.82) is 0 Å². The van der Waals surface area contributed by atoms with E-state index in [-0.39, 0.29) is 36.7 Å². The third-order valence-electron chi connectivity index (χ3n) is 7.44. The molecule has 0 spiro atoms. The highest BCUT2D eigenvalue weighted by molar-refractivity contribution is 5.85. The lowest BCUT2D eigenvalue weighted by molar-refractivity contribution is -0.143. The summed E-state index contributed by atoms with van der Waals surface area (Å²) in [6.07, 6.45) is -5.57. The standard InChI is InChI=1S/C26H26F6N4O.ClH/c1-35-16-33-23(34-35)14-36-21-7-8-22(24(36,10-9-21)18-5-3-2-4-6-18)37-15-17-11-19(25(27,28)29)13-20(12-17)26(30,31)32;/h2-6,11-13,16,21-22H,7-10,14-15H2,1H3;1H/t21-,22+,24+;/m0./s1. The molecule has 0 radical (unpaired) electrons. The van der Waals surface area contributed by atoms with Gasteiger partial charge in [0.25, 0.3) is 0 Å². The molecule has 3 atom stereocenters. The second-order valence-electron chi connectivity index (χ2n) is 9.74. The van der Waals surface area contributed by atoms with Crippen LogP contribution in [0.4, 0.5) is 26.3 Å². The first-order chi connectivity index (χ1) is 17.5. The molecular weight excluding hydrogens is 534 g/mol. The highest BCUT2D eigenvalue weighted by Gasteiger charge is 2.56. The first kappa shape index (κ1) is 28.4. The quantitative estimate of drug-likeness (QED) is 0.322. The van der Waals surface area contributed by atoms with Crippen molar-refractivity contribution in [2.24, 2.45) is 7.05 Å². The molecule has 206 valence electrons. The van der Waals surface area contributed by atoms with E-state index in [2.05, 4.69) is 15.0 Å². The number of hydrogen-bond acceptors (Lipinski definition) is 4. The molecule has 0 N–H and O–H groups in total. The molecule has 3 heterocycles. The van der Waals surface area contributed by atoms with Gasteiger partial charge in [0.2, 0.25) is 0 Å². The normalized spacial score (nSPS) is 23.9. The van der Waals surface area contributed by atoms with Gasteiger partial charge >= 0.3 is 12.4 Å². The summed E-state index contributed by atoms with van der Waals surface area (Å²) < 4.78 is 88.1. The number of ether oxygens (including phenoxy) is 1. The summed E-state index contributed by atoms with van der Waals surface area (Å²) in [5.41, 5.74) is -2.45. The number of benzene rings is 2. The number of nitrogens with zero attached hydrogens (tertiary/aromatic N) is 4. The van der Waals surface area contributed by atoms with Crippen LogP contribution in [-0.4, -0.2) is 31.8 Å². The first-order valence-electron chi connectivity index (χ1n) is 12.0. The molecule has 0 saturated carbocycles. The summed E-state index contributed by atoms with van der Waals surface area (Å²) in [4.78, 5) is 6.68. The number of alkyl halides is 6. The maximum atomic E-state index is 13.4. The fourth-order valence-electron chi connectivity index (χ4n) is 5.86. The van der Waals surface area contributed by atoms with E-state index >= 15 is 0 Å². The molecule has 0 amide bonds. The van der Waals surface area contributed by atoms with Crippen LogP contribution in [0.15, 0.2) is 54.9 Å². The van der Waals surface area contributed by atoms with Gasteiger partial charge in [-0.15, -0.1) is 12.4 Å². The molecule has 1 aromatic heterocycles. The number of piperidine rings is 1. The van der Waals surface area contributed by atoms with Crippen molar-refractivity contribution in [3.05, 3.63) is 82.9 Å². The Balaban J connectivity index is 0.00000336. The lowest BCUT2D eigenvalue weighted by Gasteiger charge is -2.49. The van der Waals surface area contributed by atoms with Crippen molar-refractivity contribution < 1.29 is 31.1 Å². The Bertz CT molecular complexity index is 1220. The van der Waals surface area contributed by atoms with Gasteiger partial charge in [0, 0.05) is 13.1 Å². The fraction of sp³-hybridized carbons (Fsp3) is 0.462. The van der Waals surface area contributed by atoms with Crippen molar-refractivity contribution in [2.45, 2.75) is 68.9 Å². The van der Waals surface area contributed by atoms with Gasteiger partial charge in [-0.2, -0.15) is 31.4 Å². The first-order valence-corrected chi connectivity index (χ1v) is 12.0. The van der Waals surface area contributed by atoms with Gasteiger partial charge in [0.15, 0.2) is 5.82 Å².